The van der Waals surface area contributed by atoms with E-state index in [0.29, 0.717) is 11.7 Å². The van der Waals surface area contributed by atoms with Crippen LogP contribution >= 0.6 is 12.2 Å². The van der Waals surface area contributed by atoms with Crippen molar-refractivity contribution in [1.82, 2.24) is 5.32 Å². The van der Waals surface area contributed by atoms with Crippen molar-refractivity contribution in [2.75, 3.05) is 30.4 Å². The van der Waals surface area contributed by atoms with E-state index in [9.17, 15) is 8.78 Å². The zero-order valence-corrected chi connectivity index (χ0v) is 13.9. The summed E-state index contributed by atoms with van der Waals surface area (Å²) < 4.78 is 26.4. The molecule has 0 atom stereocenters. The van der Waals surface area contributed by atoms with Crippen LogP contribution in [0.1, 0.15) is 5.56 Å². The second-order valence-corrected chi connectivity index (χ2v) is 5.67. The summed E-state index contributed by atoms with van der Waals surface area (Å²) in [5, 5.41) is 6.02. The summed E-state index contributed by atoms with van der Waals surface area (Å²) in [6, 6.07) is 11.5. The highest BCUT2D eigenvalue weighted by molar-refractivity contribution is 7.80. The summed E-state index contributed by atoms with van der Waals surface area (Å²) in [6.07, 6.45) is 0. The van der Waals surface area contributed by atoms with E-state index in [1.807, 2.05) is 14.0 Å². The van der Waals surface area contributed by atoms with Crippen molar-refractivity contribution in [3.05, 3.63) is 59.7 Å². The van der Waals surface area contributed by atoms with E-state index in [4.69, 9.17) is 12.2 Å². The minimum Gasteiger partial charge on any atom is -0.373 e. The van der Waals surface area contributed by atoms with Crippen LogP contribution in [-0.2, 0) is 0 Å². The average Bonchev–Trinajstić information content (AvgIpc) is 2.50. The summed E-state index contributed by atoms with van der Waals surface area (Å²) in [7, 11) is 1.99. The molecule has 6 heteroatoms. The first-order chi connectivity index (χ1) is 11.0. The van der Waals surface area contributed by atoms with Gasteiger partial charge in [-0.2, -0.15) is 0 Å². The van der Waals surface area contributed by atoms with Gasteiger partial charge in [0.25, 0.3) is 0 Å². The summed E-state index contributed by atoms with van der Waals surface area (Å²) >= 11 is 5.11. The third-order valence-corrected chi connectivity index (χ3v) is 3.63. The van der Waals surface area contributed by atoms with Crippen LogP contribution in [0.5, 0.6) is 0 Å². The molecule has 0 aliphatic rings. The fourth-order valence-corrected chi connectivity index (χ4v) is 2.23. The Hall–Kier alpha value is -2.21. The van der Waals surface area contributed by atoms with Crippen molar-refractivity contribution in [2.45, 2.75) is 6.92 Å². The van der Waals surface area contributed by atoms with Gasteiger partial charge in [0.1, 0.15) is 11.6 Å². The topological polar surface area (TPSA) is 27.3 Å². The molecule has 0 aliphatic heterocycles. The fraction of sp³-hybridized carbons (Fsp3) is 0.235. The molecule has 2 rings (SSSR count). The molecule has 122 valence electrons. The molecule has 0 radical (unpaired) electrons. The Balaban J connectivity index is 1.79. The van der Waals surface area contributed by atoms with E-state index in [1.54, 1.807) is 0 Å². The van der Waals surface area contributed by atoms with Crippen LogP contribution in [0.15, 0.2) is 42.5 Å². The van der Waals surface area contributed by atoms with Gasteiger partial charge in [-0.3, -0.25) is 0 Å². The third kappa shape index (κ3) is 5.17. The lowest BCUT2D eigenvalue weighted by Crippen LogP contribution is -2.35. The van der Waals surface area contributed by atoms with Gasteiger partial charge in [-0.05, 0) is 43.4 Å². The highest BCUT2D eigenvalue weighted by Crippen LogP contribution is 2.15. The lowest BCUT2D eigenvalue weighted by Gasteiger charge is -2.20. The Morgan fingerprint density at radius 1 is 1.13 bits per heavy atom. The predicted molar refractivity (Wildman–Crippen MR) is 95.0 cm³/mol. The normalized spacial score (nSPS) is 10.3. The number of halogens is 2. The zero-order chi connectivity index (χ0) is 16.8. The van der Waals surface area contributed by atoms with Crippen LogP contribution in [0.4, 0.5) is 20.2 Å². The molecule has 0 aromatic heterocycles. The standard InChI is InChI=1S/C17H19F2N3S/c1-12-3-6-14(7-4-12)22(2)10-9-20-17(23)21-16-8-5-13(18)11-15(16)19/h3-8,11H,9-10H2,1-2H3,(H2,20,21,23). The Kier molecular flexibility index (Phi) is 5.87. The van der Waals surface area contributed by atoms with Crippen molar-refractivity contribution in [3.8, 4) is 0 Å². The van der Waals surface area contributed by atoms with E-state index in [-0.39, 0.29) is 5.69 Å². The Morgan fingerprint density at radius 3 is 2.48 bits per heavy atom. The minimum absolute atomic E-state index is 0.149. The van der Waals surface area contributed by atoms with Gasteiger partial charge in [0.2, 0.25) is 0 Å². The molecule has 2 N–H and O–H groups in total. The van der Waals surface area contributed by atoms with Crippen molar-refractivity contribution in [2.24, 2.45) is 0 Å². The van der Waals surface area contributed by atoms with Gasteiger partial charge < -0.3 is 15.5 Å². The third-order valence-electron chi connectivity index (χ3n) is 3.39. The first kappa shape index (κ1) is 17.1. The molecule has 0 amide bonds. The van der Waals surface area contributed by atoms with Gasteiger partial charge in [0.15, 0.2) is 5.11 Å². The lowest BCUT2D eigenvalue weighted by atomic mass is 10.2. The number of benzene rings is 2. The van der Waals surface area contributed by atoms with E-state index >= 15 is 0 Å². The van der Waals surface area contributed by atoms with Crippen LogP contribution in [0.2, 0.25) is 0 Å². The number of thiocarbonyl (C=S) groups is 1. The van der Waals surface area contributed by atoms with Crippen LogP contribution in [0.25, 0.3) is 0 Å². The second-order valence-electron chi connectivity index (χ2n) is 5.26. The molecular weight excluding hydrogens is 316 g/mol. The molecule has 0 spiro atoms. The highest BCUT2D eigenvalue weighted by Gasteiger charge is 2.06. The molecule has 0 heterocycles. The van der Waals surface area contributed by atoms with Gasteiger partial charge in [0, 0.05) is 31.9 Å². The van der Waals surface area contributed by atoms with Crippen LogP contribution < -0.4 is 15.5 Å². The molecule has 3 nitrogen and oxygen atoms in total. The number of rotatable bonds is 5. The monoisotopic (exact) mass is 335 g/mol. The van der Waals surface area contributed by atoms with Gasteiger partial charge in [-0.1, -0.05) is 17.7 Å². The van der Waals surface area contributed by atoms with Crippen LogP contribution in [0.3, 0.4) is 0 Å². The molecule has 0 fully saturated rings. The molecule has 0 bridgehead atoms. The summed E-state index contributed by atoms with van der Waals surface area (Å²) in [5.74, 6) is -1.29. The molecule has 0 aliphatic carbocycles. The van der Waals surface area contributed by atoms with Crippen molar-refractivity contribution >= 4 is 28.7 Å². The smallest absolute Gasteiger partial charge is 0.170 e. The quantitative estimate of drug-likeness (QED) is 0.815. The maximum atomic E-state index is 13.5. The number of nitrogens with zero attached hydrogens (tertiary/aromatic N) is 1. The van der Waals surface area contributed by atoms with Crippen molar-refractivity contribution in [1.29, 1.82) is 0 Å². The number of aryl methyl sites for hydroxylation is 1. The molecular formula is C17H19F2N3S. The van der Waals surface area contributed by atoms with Crippen molar-refractivity contribution < 1.29 is 8.78 Å². The lowest BCUT2D eigenvalue weighted by molar-refractivity contribution is 0.586. The summed E-state index contributed by atoms with van der Waals surface area (Å²) in [4.78, 5) is 2.09. The summed E-state index contributed by atoms with van der Waals surface area (Å²) in [6.45, 7) is 3.37. The predicted octanol–water partition coefficient (Wildman–Crippen LogP) is 3.70. The van der Waals surface area contributed by atoms with Gasteiger partial charge in [-0.15, -0.1) is 0 Å². The molecule has 2 aromatic rings. The largest absolute Gasteiger partial charge is 0.373 e. The van der Waals surface area contributed by atoms with Crippen molar-refractivity contribution in [3.63, 3.8) is 0 Å². The zero-order valence-electron chi connectivity index (χ0n) is 13.1. The van der Waals surface area contributed by atoms with Gasteiger partial charge in [-0.25, -0.2) is 8.78 Å². The van der Waals surface area contributed by atoms with Crippen LogP contribution in [0, 0.1) is 18.6 Å². The minimum atomic E-state index is -0.675. The number of hydrogen-bond donors (Lipinski definition) is 2. The molecule has 0 saturated heterocycles. The molecule has 0 unspecified atom stereocenters. The Labute approximate surface area is 140 Å². The maximum absolute atomic E-state index is 13.5. The highest BCUT2D eigenvalue weighted by atomic mass is 32.1. The SMILES string of the molecule is Cc1ccc(N(C)CCNC(=S)Nc2ccc(F)cc2F)cc1. The Bertz CT molecular complexity index is 674. The Morgan fingerprint density at radius 2 is 1.83 bits per heavy atom. The number of anilines is 2. The summed E-state index contributed by atoms with van der Waals surface area (Å²) in [5.41, 5.74) is 2.48. The number of hydrogen-bond acceptors (Lipinski definition) is 2. The maximum Gasteiger partial charge on any atom is 0.170 e. The van der Waals surface area contributed by atoms with E-state index in [2.05, 4.69) is 39.8 Å². The second kappa shape index (κ2) is 7.87. The van der Waals surface area contributed by atoms with E-state index in [0.717, 1.165) is 18.3 Å². The molecule has 23 heavy (non-hydrogen) atoms. The first-order valence-electron chi connectivity index (χ1n) is 7.23. The average molecular weight is 335 g/mol. The van der Waals surface area contributed by atoms with Gasteiger partial charge in [0.05, 0.1) is 5.69 Å². The number of nitrogens with one attached hydrogen (secondary N) is 2. The number of likely N-dealkylation sites (N-methyl/N-ethyl adjacent to an activating group) is 1. The van der Waals surface area contributed by atoms with E-state index < -0.39 is 11.6 Å². The molecule has 2 aromatic carbocycles. The first-order valence-corrected chi connectivity index (χ1v) is 7.64. The fourth-order valence-electron chi connectivity index (χ4n) is 2.02. The van der Waals surface area contributed by atoms with E-state index in [1.165, 1.54) is 17.7 Å². The van der Waals surface area contributed by atoms with Crippen LogP contribution in [-0.4, -0.2) is 25.2 Å². The van der Waals surface area contributed by atoms with Gasteiger partial charge >= 0.3 is 0 Å². The molecule has 0 saturated carbocycles.